The van der Waals surface area contributed by atoms with Crippen LogP contribution in [0.5, 0.6) is 0 Å². The van der Waals surface area contributed by atoms with Crippen molar-refractivity contribution in [3.8, 4) is 5.95 Å². The smallest absolute Gasteiger partial charge is 0.256 e. The Balaban J connectivity index is 1.93. The summed E-state index contributed by atoms with van der Waals surface area (Å²) in [6.07, 6.45) is 4.71. The molecule has 2 unspecified atom stereocenters. The van der Waals surface area contributed by atoms with Crippen LogP contribution >= 0.6 is 11.6 Å². The van der Waals surface area contributed by atoms with Crippen molar-refractivity contribution in [2.45, 2.75) is 20.3 Å². The summed E-state index contributed by atoms with van der Waals surface area (Å²) < 4.78 is 1.59. The largest absolute Gasteiger partial charge is 0.340 e. The summed E-state index contributed by atoms with van der Waals surface area (Å²) in [5.41, 5.74) is 0. The lowest BCUT2D eigenvalue weighted by atomic mass is 9.92. The zero-order valence-corrected chi connectivity index (χ0v) is 12.3. The van der Waals surface area contributed by atoms with Gasteiger partial charge in [-0.25, -0.2) is 4.68 Å². The first-order chi connectivity index (χ1) is 9.61. The molecule has 0 amide bonds. The maximum Gasteiger partial charge on any atom is 0.256 e. The molecule has 7 heteroatoms. The average Bonchev–Trinajstić information content (AvgIpc) is 2.90. The first kappa shape index (κ1) is 13.3. The van der Waals surface area contributed by atoms with Crippen LogP contribution in [-0.2, 0) is 0 Å². The van der Waals surface area contributed by atoms with E-state index in [0.29, 0.717) is 23.7 Å². The third-order valence-corrected chi connectivity index (χ3v) is 3.61. The minimum atomic E-state index is 0.200. The van der Waals surface area contributed by atoms with Gasteiger partial charge >= 0.3 is 0 Å². The van der Waals surface area contributed by atoms with Crippen molar-refractivity contribution in [2.75, 3.05) is 18.0 Å². The highest BCUT2D eigenvalue weighted by atomic mass is 35.5. The molecule has 20 heavy (non-hydrogen) atoms. The standard InChI is InChI=1S/C13H17ClN6/c1-9-6-10(2)8-19(7-9)12-16-11(14)17-13(18-12)20-5-3-4-15-20/h3-5,9-10H,6-8H2,1-2H3. The number of hydrogen-bond donors (Lipinski definition) is 0. The zero-order chi connectivity index (χ0) is 14.1. The Morgan fingerprint density at radius 2 is 1.80 bits per heavy atom. The van der Waals surface area contributed by atoms with Gasteiger partial charge in [0.2, 0.25) is 11.2 Å². The normalized spacial score (nSPS) is 23.1. The van der Waals surface area contributed by atoms with Crippen molar-refractivity contribution < 1.29 is 0 Å². The maximum absolute atomic E-state index is 6.03. The molecule has 0 aliphatic carbocycles. The number of nitrogens with zero attached hydrogens (tertiary/aromatic N) is 6. The summed E-state index contributed by atoms with van der Waals surface area (Å²) in [7, 11) is 0. The van der Waals surface area contributed by atoms with Gasteiger partial charge in [-0.05, 0) is 35.9 Å². The molecule has 6 nitrogen and oxygen atoms in total. The molecule has 106 valence electrons. The molecule has 3 rings (SSSR count). The van der Waals surface area contributed by atoms with E-state index in [4.69, 9.17) is 11.6 Å². The number of aromatic nitrogens is 5. The van der Waals surface area contributed by atoms with Crippen LogP contribution in [0.4, 0.5) is 5.95 Å². The minimum absolute atomic E-state index is 0.200. The molecular formula is C13H17ClN6. The monoisotopic (exact) mass is 292 g/mol. The number of rotatable bonds is 2. The lowest BCUT2D eigenvalue weighted by molar-refractivity contribution is 0.353. The predicted molar refractivity (Wildman–Crippen MR) is 77.1 cm³/mol. The molecule has 0 aromatic carbocycles. The summed E-state index contributed by atoms with van der Waals surface area (Å²) in [6.45, 7) is 6.40. The van der Waals surface area contributed by atoms with E-state index in [2.05, 4.69) is 38.8 Å². The molecule has 0 saturated carbocycles. The van der Waals surface area contributed by atoms with Crippen molar-refractivity contribution in [3.63, 3.8) is 0 Å². The van der Waals surface area contributed by atoms with Crippen molar-refractivity contribution >= 4 is 17.5 Å². The van der Waals surface area contributed by atoms with Gasteiger partial charge < -0.3 is 4.90 Å². The van der Waals surface area contributed by atoms with Crippen molar-refractivity contribution in [1.82, 2.24) is 24.7 Å². The fourth-order valence-electron chi connectivity index (χ4n) is 2.79. The van der Waals surface area contributed by atoms with E-state index < -0.39 is 0 Å². The van der Waals surface area contributed by atoms with Crippen LogP contribution in [0.3, 0.4) is 0 Å². The molecule has 2 aromatic heterocycles. The Bertz CT molecular complexity index is 575. The van der Waals surface area contributed by atoms with Crippen molar-refractivity contribution in [1.29, 1.82) is 0 Å². The number of anilines is 1. The molecule has 3 heterocycles. The summed E-state index contributed by atoms with van der Waals surface area (Å²) >= 11 is 6.03. The van der Waals surface area contributed by atoms with Gasteiger partial charge in [0.25, 0.3) is 5.95 Å². The Morgan fingerprint density at radius 3 is 2.45 bits per heavy atom. The lowest BCUT2D eigenvalue weighted by Crippen LogP contribution is -2.40. The van der Waals surface area contributed by atoms with Crippen LogP contribution in [-0.4, -0.2) is 37.8 Å². The fraction of sp³-hybridized carbons (Fsp3) is 0.538. The number of piperidine rings is 1. The third-order valence-electron chi connectivity index (χ3n) is 3.45. The average molecular weight is 293 g/mol. The molecule has 1 saturated heterocycles. The van der Waals surface area contributed by atoms with E-state index in [1.54, 1.807) is 17.1 Å². The Kier molecular flexibility index (Phi) is 3.56. The van der Waals surface area contributed by atoms with Gasteiger partial charge in [-0.15, -0.1) is 0 Å². The molecule has 1 aliphatic heterocycles. The Morgan fingerprint density at radius 1 is 1.10 bits per heavy atom. The van der Waals surface area contributed by atoms with Gasteiger partial charge in [0.05, 0.1) is 0 Å². The van der Waals surface area contributed by atoms with Crippen molar-refractivity contribution in [3.05, 3.63) is 23.7 Å². The highest BCUT2D eigenvalue weighted by Crippen LogP contribution is 2.24. The van der Waals surface area contributed by atoms with Crippen LogP contribution in [0.25, 0.3) is 5.95 Å². The highest BCUT2D eigenvalue weighted by molar-refractivity contribution is 6.28. The summed E-state index contributed by atoms with van der Waals surface area (Å²) in [5.74, 6) is 2.34. The molecule has 2 atom stereocenters. The summed E-state index contributed by atoms with van der Waals surface area (Å²) in [5, 5.41) is 4.33. The number of hydrogen-bond acceptors (Lipinski definition) is 5. The van der Waals surface area contributed by atoms with E-state index in [-0.39, 0.29) is 5.28 Å². The molecule has 0 N–H and O–H groups in total. The predicted octanol–water partition coefficient (Wildman–Crippen LogP) is 2.19. The first-order valence-electron chi connectivity index (χ1n) is 6.78. The zero-order valence-electron chi connectivity index (χ0n) is 11.6. The molecule has 0 radical (unpaired) electrons. The van der Waals surface area contributed by atoms with Crippen LogP contribution in [0.1, 0.15) is 20.3 Å². The van der Waals surface area contributed by atoms with E-state index in [9.17, 15) is 0 Å². The van der Waals surface area contributed by atoms with E-state index >= 15 is 0 Å². The molecule has 2 aromatic rings. The second-order valence-corrected chi connectivity index (χ2v) is 5.84. The quantitative estimate of drug-likeness (QED) is 0.849. The van der Waals surface area contributed by atoms with Gasteiger partial charge in [-0.1, -0.05) is 13.8 Å². The summed E-state index contributed by atoms with van der Waals surface area (Å²) in [6, 6.07) is 1.82. The Hall–Kier alpha value is -1.69. The molecule has 0 bridgehead atoms. The van der Waals surface area contributed by atoms with Crippen molar-refractivity contribution in [2.24, 2.45) is 11.8 Å². The van der Waals surface area contributed by atoms with E-state index in [0.717, 1.165) is 13.1 Å². The maximum atomic E-state index is 6.03. The fourth-order valence-corrected chi connectivity index (χ4v) is 2.94. The summed E-state index contributed by atoms with van der Waals surface area (Å²) in [4.78, 5) is 15.1. The van der Waals surface area contributed by atoms with Gasteiger partial charge in [-0.2, -0.15) is 20.1 Å². The van der Waals surface area contributed by atoms with Crippen LogP contribution in [0.2, 0.25) is 5.28 Å². The van der Waals surface area contributed by atoms with Crippen LogP contribution in [0.15, 0.2) is 18.5 Å². The lowest BCUT2D eigenvalue weighted by Gasteiger charge is -2.34. The molecular weight excluding hydrogens is 276 g/mol. The van der Waals surface area contributed by atoms with E-state index in [1.807, 2.05) is 6.07 Å². The number of halogens is 1. The highest BCUT2D eigenvalue weighted by Gasteiger charge is 2.24. The Labute approximate surface area is 122 Å². The van der Waals surface area contributed by atoms with Gasteiger partial charge in [0, 0.05) is 25.5 Å². The van der Waals surface area contributed by atoms with E-state index in [1.165, 1.54) is 6.42 Å². The van der Waals surface area contributed by atoms with Gasteiger partial charge in [-0.3, -0.25) is 0 Å². The minimum Gasteiger partial charge on any atom is -0.340 e. The topological polar surface area (TPSA) is 59.7 Å². The molecule has 1 aliphatic rings. The SMILES string of the molecule is CC1CC(C)CN(c2nc(Cl)nc(-n3cccn3)n2)C1. The molecule has 1 fully saturated rings. The first-order valence-corrected chi connectivity index (χ1v) is 7.16. The van der Waals surface area contributed by atoms with Gasteiger partial charge in [0.15, 0.2) is 0 Å². The van der Waals surface area contributed by atoms with Crippen LogP contribution in [0, 0.1) is 11.8 Å². The second kappa shape index (κ2) is 5.36. The van der Waals surface area contributed by atoms with Gasteiger partial charge in [0.1, 0.15) is 0 Å². The second-order valence-electron chi connectivity index (χ2n) is 5.51. The third kappa shape index (κ3) is 2.75. The van der Waals surface area contributed by atoms with Crippen LogP contribution < -0.4 is 4.90 Å². The molecule has 0 spiro atoms.